The molecule has 1 unspecified atom stereocenters. The van der Waals surface area contributed by atoms with Crippen LogP contribution in [0.1, 0.15) is 18.2 Å². The fourth-order valence-corrected chi connectivity index (χ4v) is 3.46. The number of fused-ring (bicyclic) bond motifs is 2. The monoisotopic (exact) mass is 321 g/mol. The lowest BCUT2D eigenvalue weighted by atomic mass is 9.96. The highest BCUT2D eigenvalue weighted by Gasteiger charge is 2.28. The number of H-pyrrole nitrogens is 1. The van der Waals surface area contributed by atoms with E-state index in [1.807, 2.05) is 23.1 Å². The van der Waals surface area contributed by atoms with E-state index in [4.69, 9.17) is 0 Å². The van der Waals surface area contributed by atoms with Crippen LogP contribution in [0.15, 0.2) is 42.5 Å². The molecule has 122 valence electrons. The topological polar surface area (TPSA) is 69.2 Å². The second kappa shape index (κ2) is 5.76. The molecule has 5 heteroatoms. The SMILES string of the molecule is CC(C(=O)O)N1CCc2[nH]nc(-c3cccc4ccccc34)c2C1. The van der Waals surface area contributed by atoms with Crippen LogP contribution in [0, 0.1) is 0 Å². The first-order valence-corrected chi connectivity index (χ1v) is 8.16. The highest BCUT2D eigenvalue weighted by molar-refractivity contribution is 5.96. The molecule has 0 radical (unpaired) electrons. The molecule has 2 heterocycles. The van der Waals surface area contributed by atoms with Crippen LogP contribution in [0.4, 0.5) is 0 Å². The van der Waals surface area contributed by atoms with Gasteiger partial charge < -0.3 is 5.11 Å². The van der Waals surface area contributed by atoms with E-state index < -0.39 is 12.0 Å². The fourth-order valence-electron chi connectivity index (χ4n) is 3.46. The van der Waals surface area contributed by atoms with Crippen LogP contribution in [0.2, 0.25) is 0 Å². The van der Waals surface area contributed by atoms with Gasteiger partial charge in [-0.25, -0.2) is 0 Å². The summed E-state index contributed by atoms with van der Waals surface area (Å²) in [6, 6.07) is 14.0. The van der Waals surface area contributed by atoms with Gasteiger partial charge in [-0.1, -0.05) is 42.5 Å². The third-order valence-electron chi connectivity index (χ3n) is 4.91. The summed E-state index contributed by atoms with van der Waals surface area (Å²) in [5, 5.41) is 19.4. The Morgan fingerprint density at radius 2 is 2.04 bits per heavy atom. The quantitative estimate of drug-likeness (QED) is 0.778. The van der Waals surface area contributed by atoms with Crippen molar-refractivity contribution in [2.24, 2.45) is 0 Å². The molecule has 3 aromatic rings. The van der Waals surface area contributed by atoms with Gasteiger partial charge in [0.25, 0.3) is 0 Å². The maximum Gasteiger partial charge on any atom is 0.320 e. The Balaban J connectivity index is 1.79. The van der Waals surface area contributed by atoms with Crippen LogP contribution in [-0.2, 0) is 17.8 Å². The molecule has 0 fully saturated rings. The minimum atomic E-state index is -0.784. The van der Waals surface area contributed by atoms with E-state index in [2.05, 4.69) is 34.5 Å². The highest BCUT2D eigenvalue weighted by atomic mass is 16.4. The Morgan fingerprint density at radius 1 is 1.25 bits per heavy atom. The zero-order valence-electron chi connectivity index (χ0n) is 13.5. The molecule has 0 saturated carbocycles. The first kappa shape index (κ1) is 14.9. The van der Waals surface area contributed by atoms with E-state index >= 15 is 0 Å². The summed E-state index contributed by atoms with van der Waals surface area (Å²) in [6.07, 6.45) is 0.796. The van der Waals surface area contributed by atoms with Crippen molar-refractivity contribution < 1.29 is 9.90 Å². The van der Waals surface area contributed by atoms with Crippen molar-refractivity contribution >= 4 is 16.7 Å². The molecular formula is C19H19N3O2. The van der Waals surface area contributed by atoms with Crippen molar-refractivity contribution in [3.8, 4) is 11.3 Å². The molecule has 2 N–H and O–H groups in total. The third kappa shape index (κ3) is 2.37. The molecule has 0 amide bonds. The Bertz CT molecular complexity index is 911. The summed E-state index contributed by atoms with van der Waals surface area (Å²) in [6.45, 7) is 3.08. The number of carboxylic acid groups (broad SMARTS) is 1. The number of aliphatic carboxylic acids is 1. The summed E-state index contributed by atoms with van der Waals surface area (Å²) < 4.78 is 0. The lowest BCUT2D eigenvalue weighted by molar-refractivity contribution is -0.143. The van der Waals surface area contributed by atoms with E-state index in [9.17, 15) is 9.90 Å². The minimum Gasteiger partial charge on any atom is -0.480 e. The number of hydrogen-bond acceptors (Lipinski definition) is 3. The Hall–Kier alpha value is -2.66. The second-order valence-electron chi connectivity index (χ2n) is 6.29. The van der Waals surface area contributed by atoms with Crippen molar-refractivity contribution in [3.05, 3.63) is 53.7 Å². The minimum absolute atomic E-state index is 0.492. The first-order chi connectivity index (χ1) is 11.6. The Labute approximate surface area is 139 Å². The molecule has 1 aromatic heterocycles. The van der Waals surface area contributed by atoms with Gasteiger partial charge in [0.05, 0.1) is 5.69 Å². The summed E-state index contributed by atoms with van der Waals surface area (Å²) in [7, 11) is 0. The predicted molar refractivity (Wildman–Crippen MR) is 92.7 cm³/mol. The number of carboxylic acids is 1. The van der Waals surface area contributed by atoms with Crippen LogP contribution in [0.25, 0.3) is 22.0 Å². The molecule has 0 spiro atoms. The molecule has 1 aliphatic heterocycles. The lowest BCUT2D eigenvalue weighted by Crippen LogP contribution is -2.42. The molecule has 0 bridgehead atoms. The maximum absolute atomic E-state index is 11.3. The summed E-state index contributed by atoms with van der Waals surface area (Å²) in [5.74, 6) is -0.784. The van der Waals surface area contributed by atoms with Gasteiger partial charge in [0.2, 0.25) is 0 Å². The number of nitrogens with one attached hydrogen (secondary N) is 1. The largest absolute Gasteiger partial charge is 0.480 e. The summed E-state index contributed by atoms with van der Waals surface area (Å²) >= 11 is 0. The number of benzene rings is 2. The van der Waals surface area contributed by atoms with Gasteiger partial charge in [-0.2, -0.15) is 5.10 Å². The van der Waals surface area contributed by atoms with Crippen LogP contribution in [0.5, 0.6) is 0 Å². The van der Waals surface area contributed by atoms with E-state index in [-0.39, 0.29) is 0 Å². The number of nitrogens with zero attached hydrogens (tertiary/aromatic N) is 2. The standard InChI is InChI=1S/C19H19N3O2/c1-12(19(23)24)22-10-9-17-16(11-22)18(21-20-17)15-8-4-6-13-5-2-3-7-14(13)15/h2-8,12H,9-11H2,1H3,(H,20,21)(H,23,24). The average Bonchev–Trinajstić information content (AvgIpc) is 3.03. The van der Waals surface area contributed by atoms with E-state index in [0.717, 1.165) is 40.9 Å². The Kier molecular flexibility index (Phi) is 3.58. The van der Waals surface area contributed by atoms with E-state index in [0.29, 0.717) is 6.54 Å². The Morgan fingerprint density at radius 3 is 2.88 bits per heavy atom. The molecule has 5 nitrogen and oxygen atoms in total. The van der Waals surface area contributed by atoms with Gasteiger partial charge in [0.15, 0.2) is 0 Å². The van der Waals surface area contributed by atoms with E-state index in [1.54, 1.807) is 6.92 Å². The fraction of sp³-hybridized carbons (Fsp3) is 0.263. The zero-order chi connectivity index (χ0) is 16.7. The number of carbonyl (C=O) groups is 1. The van der Waals surface area contributed by atoms with Crippen molar-refractivity contribution in [3.63, 3.8) is 0 Å². The van der Waals surface area contributed by atoms with Crippen molar-refractivity contribution in [1.29, 1.82) is 0 Å². The number of rotatable bonds is 3. The van der Waals surface area contributed by atoms with Crippen LogP contribution >= 0.6 is 0 Å². The molecule has 0 aliphatic carbocycles. The van der Waals surface area contributed by atoms with E-state index in [1.165, 1.54) is 5.39 Å². The molecule has 0 saturated heterocycles. The maximum atomic E-state index is 11.3. The third-order valence-corrected chi connectivity index (χ3v) is 4.91. The number of aromatic amines is 1. The molecule has 1 aliphatic rings. The van der Waals surface area contributed by atoms with Crippen LogP contribution < -0.4 is 0 Å². The van der Waals surface area contributed by atoms with Crippen molar-refractivity contribution in [2.75, 3.05) is 6.54 Å². The molecule has 24 heavy (non-hydrogen) atoms. The molecule has 2 aromatic carbocycles. The normalized spacial score (nSPS) is 16.0. The zero-order valence-corrected chi connectivity index (χ0v) is 13.5. The average molecular weight is 321 g/mol. The van der Waals surface area contributed by atoms with Crippen molar-refractivity contribution in [2.45, 2.75) is 25.9 Å². The van der Waals surface area contributed by atoms with Crippen LogP contribution in [0.3, 0.4) is 0 Å². The highest BCUT2D eigenvalue weighted by Crippen LogP contribution is 2.33. The van der Waals surface area contributed by atoms with Gasteiger partial charge >= 0.3 is 5.97 Å². The van der Waals surface area contributed by atoms with Gasteiger partial charge in [-0.3, -0.25) is 14.8 Å². The molecular weight excluding hydrogens is 302 g/mol. The second-order valence-corrected chi connectivity index (χ2v) is 6.29. The number of aromatic nitrogens is 2. The van der Waals surface area contributed by atoms with Crippen molar-refractivity contribution in [1.82, 2.24) is 15.1 Å². The van der Waals surface area contributed by atoms with Gasteiger partial charge in [0, 0.05) is 36.3 Å². The van der Waals surface area contributed by atoms with Crippen LogP contribution in [-0.4, -0.2) is 38.8 Å². The first-order valence-electron chi connectivity index (χ1n) is 8.16. The lowest BCUT2D eigenvalue weighted by Gasteiger charge is -2.30. The summed E-state index contributed by atoms with van der Waals surface area (Å²) in [4.78, 5) is 13.3. The van der Waals surface area contributed by atoms with Gasteiger partial charge in [-0.15, -0.1) is 0 Å². The molecule has 1 atom stereocenters. The number of hydrogen-bond donors (Lipinski definition) is 2. The molecule has 4 rings (SSSR count). The van der Waals surface area contributed by atoms with Gasteiger partial charge in [-0.05, 0) is 17.7 Å². The smallest absolute Gasteiger partial charge is 0.320 e. The predicted octanol–water partition coefficient (Wildman–Crippen LogP) is 3.06. The summed E-state index contributed by atoms with van der Waals surface area (Å²) in [5.41, 5.74) is 4.26. The van der Waals surface area contributed by atoms with Gasteiger partial charge in [0.1, 0.15) is 6.04 Å².